The summed E-state index contributed by atoms with van der Waals surface area (Å²) in [5.74, 6) is -0.549. The molecule has 1 fully saturated rings. The standard InChI is InChI=1S/C13H14O5/c14-12(15)6-3-9-1-4-10(5-2-9)18-11-7-8-17-13(11)16/h1-2,4-5,11H,3,6-8H2,(H,14,15). The molecule has 96 valence electrons. The minimum Gasteiger partial charge on any atom is -0.481 e. The van der Waals surface area contributed by atoms with Gasteiger partial charge < -0.3 is 14.6 Å². The molecule has 1 aromatic carbocycles. The summed E-state index contributed by atoms with van der Waals surface area (Å²) < 4.78 is 10.3. The Morgan fingerprint density at radius 2 is 2.11 bits per heavy atom. The molecule has 1 aromatic rings. The first-order valence-corrected chi connectivity index (χ1v) is 5.79. The van der Waals surface area contributed by atoms with E-state index in [0.717, 1.165) is 5.56 Å². The smallest absolute Gasteiger partial charge is 0.347 e. The molecule has 1 N–H and O–H groups in total. The predicted molar refractivity (Wildman–Crippen MR) is 62.4 cm³/mol. The summed E-state index contributed by atoms with van der Waals surface area (Å²) in [6, 6.07) is 7.09. The van der Waals surface area contributed by atoms with Crippen molar-refractivity contribution in [1.82, 2.24) is 0 Å². The Kier molecular flexibility index (Phi) is 3.82. The highest BCUT2D eigenvalue weighted by atomic mass is 16.6. The third-order valence-corrected chi connectivity index (χ3v) is 2.72. The van der Waals surface area contributed by atoms with E-state index in [4.69, 9.17) is 14.6 Å². The fraction of sp³-hybridized carbons (Fsp3) is 0.385. The molecule has 1 heterocycles. The first-order valence-electron chi connectivity index (χ1n) is 5.79. The highest BCUT2D eigenvalue weighted by Gasteiger charge is 2.28. The molecule has 5 nitrogen and oxygen atoms in total. The van der Waals surface area contributed by atoms with Crippen LogP contribution in [0.25, 0.3) is 0 Å². The molecule has 0 spiro atoms. The normalized spacial score (nSPS) is 18.4. The largest absolute Gasteiger partial charge is 0.481 e. The van der Waals surface area contributed by atoms with E-state index in [9.17, 15) is 9.59 Å². The summed E-state index contributed by atoms with van der Waals surface area (Å²) in [6.07, 6.45) is 0.644. The van der Waals surface area contributed by atoms with E-state index in [-0.39, 0.29) is 12.4 Å². The molecule has 0 aromatic heterocycles. The van der Waals surface area contributed by atoms with Crippen molar-refractivity contribution in [2.75, 3.05) is 6.61 Å². The van der Waals surface area contributed by atoms with Crippen LogP contribution in [0.15, 0.2) is 24.3 Å². The number of hydrogen-bond acceptors (Lipinski definition) is 4. The van der Waals surface area contributed by atoms with Gasteiger partial charge in [-0.3, -0.25) is 4.79 Å². The highest BCUT2D eigenvalue weighted by molar-refractivity contribution is 5.76. The Morgan fingerprint density at radius 3 is 2.67 bits per heavy atom. The van der Waals surface area contributed by atoms with Gasteiger partial charge in [-0.05, 0) is 24.1 Å². The van der Waals surface area contributed by atoms with Crippen LogP contribution in [0.2, 0.25) is 0 Å². The zero-order chi connectivity index (χ0) is 13.0. The molecule has 0 aliphatic carbocycles. The van der Waals surface area contributed by atoms with Crippen LogP contribution >= 0.6 is 0 Å². The monoisotopic (exact) mass is 250 g/mol. The van der Waals surface area contributed by atoms with E-state index >= 15 is 0 Å². The Hall–Kier alpha value is -2.04. The van der Waals surface area contributed by atoms with Crippen molar-refractivity contribution in [1.29, 1.82) is 0 Å². The summed E-state index contributed by atoms with van der Waals surface area (Å²) in [6.45, 7) is 0.403. The fourth-order valence-electron chi connectivity index (χ4n) is 1.73. The van der Waals surface area contributed by atoms with Gasteiger partial charge in [-0.2, -0.15) is 0 Å². The van der Waals surface area contributed by atoms with Gasteiger partial charge in [0.2, 0.25) is 0 Å². The number of carbonyl (C=O) groups is 2. The van der Waals surface area contributed by atoms with E-state index in [1.54, 1.807) is 24.3 Å². The Balaban J connectivity index is 1.91. The minimum absolute atomic E-state index is 0.106. The van der Waals surface area contributed by atoms with E-state index in [0.29, 0.717) is 25.2 Å². The molecule has 5 heteroatoms. The number of aliphatic carboxylic acids is 1. The van der Waals surface area contributed by atoms with Gasteiger partial charge >= 0.3 is 11.9 Å². The number of aryl methyl sites for hydroxylation is 1. The van der Waals surface area contributed by atoms with Crippen molar-refractivity contribution in [3.8, 4) is 5.75 Å². The summed E-state index contributed by atoms with van der Waals surface area (Å²) in [7, 11) is 0. The summed E-state index contributed by atoms with van der Waals surface area (Å²) >= 11 is 0. The fourth-order valence-corrected chi connectivity index (χ4v) is 1.73. The summed E-state index contributed by atoms with van der Waals surface area (Å²) in [4.78, 5) is 21.6. The second kappa shape index (κ2) is 5.53. The number of hydrogen-bond donors (Lipinski definition) is 1. The molecule has 1 aliphatic rings. The van der Waals surface area contributed by atoms with Gasteiger partial charge in [-0.15, -0.1) is 0 Å². The number of ether oxygens (including phenoxy) is 2. The lowest BCUT2D eigenvalue weighted by atomic mass is 10.1. The van der Waals surface area contributed by atoms with Crippen molar-refractivity contribution >= 4 is 11.9 Å². The third-order valence-electron chi connectivity index (χ3n) is 2.72. The maximum absolute atomic E-state index is 11.2. The summed E-state index contributed by atoms with van der Waals surface area (Å²) in [5, 5.41) is 8.57. The lowest BCUT2D eigenvalue weighted by molar-refractivity contribution is -0.143. The Morgan fingerprint density at radius 1 is 1.39 bits per heavy atom. The van der Waals surface area contributed by atoms with Gasteiger partial charge in [0.15, 0.2) is 6.10 Å². The lowest BCUT2D eigenvalue weighted by Gasteiger charge is -2.10. The van der Waals surface area contributed by atoms with Crippen LogP contribution in [-0.4, -0.2) is 29.8 Å². The molecule has 1 aliphatic heterocycles. The Bertz CT molecular complexity index is 437. The second-order valence-electron chi connectivity index (χ2n) is 4.10. The zero-order valence-corrected chi connectivity index (χ0v) is 9.80. The molecule has 1 saturated heterocycles. The number of rotatable bonds is 5. The molecule has 18 heavy (non-hydrogen) atoms. The highest BCUT2D eigenvalue weighted by Crippen LogP contribution is 2.18. The number of carboxylic acids is 1. The van der Waals surface area contributed by atoms with Gasteiger partial charge in [0.25, 0.3) is 0 Å². The van der Waals surface area contributed by atoms with Crippen LogP contribution in [0, 0.1) is 0 Å². The van der Waals surface area contributed by atoms with Crippen molar-refractivity contribution in [2.45, 2.75) is 25.4 Å². The van der Waals surface area contributed by atoms with Crippen LogP contribution in [0.3, 0.4) is 0 Å². The van der Waals surface area contributed by atoms with Gasteiger partial charge in [-0.1, -0.05) is 12.1 Å². The number of cyclic esters (lactones) is 1. The Labute approximate surface area is 104 Å². The third kappa shape index (κ3) is 3.23. The molecule has 1 unspecified atom stereocenters. The zero-order valence-electron chi connectivity index (χ0n) is 9.80. The van der Waals surface area contributed by atoms with Crippen LogP contribution in [-0.2, 0) is 20.7 Å². The van der Waals surface area contributed by atoms with Crippen LogP contribution in [0.1, 0.15) is 18.4 Å². The topological polar surface area (TPSA) is 72.8 Å². The van der Waals surface area contributed by atoms with Crippen LogP contribution in [0.4, 0.5) is 0 Å². The number of benzene rings is 1. The number of carbonyl (C=O) groups excluding carboxylic acids is 1. The van der Waals surface area contributed by atoms with Gasteiger partial charge in [0, 0.05) is 12.8 Å². The average Bonchev–Trinajstić information content (AvgIpc) is 2.74. The minimum atomic E-state index is -0.816. The molecule has 2 rings (SSSR count). The van der Waals surface area contributed by atoms with Gasteiger partial charge in [-0.25, -0.2) is 4.79 Å². The molecular formula is C13H14O5. The van der Waals surface area contributed by atoms with E-state index in [2.05, 4.69) is 0 Å². The molecule has 0 amide bonds. The number of esters is 1. The van der Waals surface area contributed by atoms with E-state index in [1.807, 2.05) is 0 Å². The SMILES string of the molecule is O=C(O)CCc1ccc(OC2CCOC2=O)cc1. The molecule has 1 atom stereocenters. The van der Waals surface area contributed by atoms with Crippen molar-refractivity contribution < 1.29 is 24.2 Å². The number of carboxylic acid groups (broad SMARTS) is 1. The van der Waals surface area contributed by atoms with Gasteiger partial charge in [0.05, 0.1) is 6.61 Å². The maximum atomic E-state index is 11.2. The first kappa shape index (κ1) is 12.4. The van der Waals surface area contributed by atoms with Crippen molar-refractivity contribution in [3.63, 3.8) is 0 Å². The first-order chi connectivity index (χ1) is 8.65. The summed E-state index contributed by atoms with van der Waals surface area (Å²) in [5.41, 5.74) is 0.929. The lowest BCUT2D eigenvalue weighted by Crippen LogP contribution is -2.21. The van der Waals surface area contributed by atoms with Crippen LogP contribution < -0.4 is 4.74 Å². The molecular weight excluding hydrogens is 236 g/mol. The van der Waals surface area contributed by atoms with Crippen LogP contribution in [0.5, 0.6) is 5.75 Å². The second-order valence-corrected chi connectivity index (χ2v) is 4.10. The maximum Gasteiger partial charge on any atom is 0.347 e. The van der Waals surface area contributed by atoms with Crippen molar-refractivity contribution in [3.05, 3.63) is 29.8 Å². The van der Waals surface area contributed by atoms with E-state index < -0.39 is 12.1 Å². The molecule has 0 bridgehead atoms. The van der Waals surface area contributed by atoms with Crippen molar-refractivity contribution in [2.24, 2.45) is 0 Å². The average molecular weight is 250 g/mol. The molecule has 0 radical (unpaired) electrons. The molecule has 0 saturated carbocycles. The van der Waals surface area contributed by atoms with Gasteiger partial charge in [0.1, 0.15) is 5.75 Å². The van der Waals surface area contributed by atoms with E-state index in [1.165, 1.54) is 0 Å². The predicted octanol–water partition coefficient (Wildman–Crippen LogP) is 1.40. The quantitative estimate of drug-likeness (QED) is 0.799.